The molecule has 0 saturated carbocycles. The molecule has 0 atom stereocenters. The third kappa shape index (κ3) is 4.34. The SMILES string of the molecule is CCOC(=O)c1c(C)oc2ncn(CC(=O)NCCc3ccccc3F)c(=O)c12. The first kappa shape index (κ1) is 20.2. The third-order valence-corrected chi connectivity index (χ3v) is 4.32. The minimum Gasteiger partial charge on any atom is -0.462 e. The van der Waals surface area contributed by atoms with Gasteiger partial charge in [-0.25, -0.2) is 14.2 Å². The lowest BCUT2D eigenvalue weighted by Gasteiger charge is -2.08. The number of hydrogen-bond acceptors (Lipinski definition) is 6. The molecular formula is C20H20FN3O5. The van der Waals surface area contributed by atoms with E-state index in [4.69, 9.17) is 9.15 Å². The summed E-state index contributed by atoms with van der Waals surface area (Å²) in [4.78, 5) is 41.1. The Kier molecular flexibility index (Phi) is 6.06. The number of carbonyl (C=O) groups excluding carboxylic acids is 2. The van der Waals surface area contributed by atoms with Crippen LogP contribution in [-0.4, -0.2) is 34.6 Å². The average Bonchev–Trinajstić information content (AvgIpc) is 3.02. The van der Waals surface area contributed by atoms with Crippen LogP contribution in [0.1, 0.15) is 28.6 Å². The van der Waals surface area contributed by atoms with Crippen molar-refractivity contribution < 1.29 is 23.1 Å². The largest absolute Gasteiger partial charge is 0.462 e. The third-order valence-electron chi connectivity index (χ3n) is 4.32. The molecule has 0 fully saturated rings. The zero-order chi connectivity index (χ0) is 21.0. The summed E-state index contributed by atoms with van der Waals surface area (Å²) in [7, 11) is 0. The number of aryl methyl sites for hydroxylation is 1. The van der Waals surface area contributed by atoms with Crippen LogP contribution in [0.4, 0.5) is 4.39 Å². The number of aromatic nitrogens is 2. The van der Waals surface area contributed by atoms with E-state index in [0.29, 0.717) is 12.0 Å². The minimum absolute atomic E-state index is 0.00626. The van der Waals surface area contributed by atoms with Crippen LogP contribution >= 0.6 is 0 Å². The summed E-state index contributed by atoms with van der Waals surface area (Å²) >= 11 is 0. The monoisotopic (exact) mass is 401 g/mol. The van der Waals surface area contributed by atoms with Gasteiger partial charge in [-0.3, -0.25) is 14.2 Å². The molecule has 0 unspecified atom stereocenters. The first-order valence-corrected chi connectivity index (χ1v) is 9.08. The van der Waals surface area contributed by atoms with Crippen molar-refractivity contribution in [1.82, 2.24) is 14.9 Å². The van der Waals surface area contributed by atoms with Gasteiger partial charge in [0, 0.05) is 6.54 Å². The smallest absolute Gasteiger partial charge is 0.342 e. The Morgan fingerprint density at radius 3 is 2.79 bits per heavy atom. The second-order valence-electron chi connectivity index (χ2n) is 6.30. The summed E-state index contributed by atoms with van der Waals surface area (Å²) in [6.45, 7) is 3.24. The van der Waals surface area contributed by atoms with Crippen molar-refractivity contribution in [3.05, 3.63) is 63.7 Å². The second-order valence-corrected chi connectivity index (χ2v) is 6.30. The molecule has 0 aliphatic carbocycles. The zero-order valence-electron chi connectivity index (χ0n) is 16.0. The maximum absolute atomic E-state index is 13.6. The molecule has 1 N–H and O–H groups in total. The van der Waals surface area contributed by atoms with Gasteiger partial charge in [-0.15, -0.1) is 0 Å². The van der Waals surface area contributed by atoms with Crippen molar-refractivity contribution in [1.29, 1.82) is 0 Å². The molecule has 8 nitrogen and oxygen atoms in total. The first-order chi connectivity index (χ1) is 13.9. The maximum Gasteiger partial charge on any atom is 0.342 e. The Balaban J connectivity index is 1.74. The Bertz CT molecular complexity index is 1120. The number of nitrogens with zero attached hydrogens (tertiary/aromatic N) is 2. The van der Waals surface area contributed by atoms with Crippen LogP contribution in [0.3, 0.4) is 0 Å². The molecule has 1 amide bonds. The molecule has 9 heteroatoms. The van der Waals surface area contributed by atoms with Crippen LogP contribution in [0.25, 0.3) is 11.1 Å². The lowest BCUT2D eigenvalue weighted by molar-refractivity contribution is -0.121. The van der Waals surface area contributed by atoms with Crippen molar-refractivity contribution in [3.8, 4) is 0 Å². The number of carbonyl (C=O) groups is 2. The highest BCUT2D eigenvalue weighted by atomic mass is 19.1. The molecule has 2 heterocycles. The van der Waals surface area contributed by atoms with Crippen LogP contribution in [0.5, 0.6) is 0 Å². The Morgan fingerprint density at radius 1 is 1.31 bits per heavy atom. The number of nitrogens with one attached hydrogen (secondary N) is 1. The average molecular weight is 401 g/mol. The molecule has 2 aromatic heterocycles. The fraction of sp³-hybridized carbons (Fsp3) is 0.300. The molecule has 0 saturated heterocycles. The molecule has 3 aromatic rings. The van der Waals surface area contributed by atoms with Crippen LogP contribution in [-0.2, 0) is 22.5 Å². The maximum atomic E-state index is 13.6. The van der Waals surface area contributed by atoms with Gasteiger partial charge in [0.25, 0.3) is 5.56 Å². The Labute approximate surface area is 165 Å². The zero-order valence-corrected chi connectivity index (χ0v) is 16.0. The molecule has 152 valence electrons. The van der Waals surface area contributed by atoms with E-state index in [1.54, 1.807) is 25.1 Å². The highest BCUT2D eigenvalue weighted by Crippen LogP contribution is 2.21. The van der Waals surface area contributed by atoms with Crippen LogP contribution < -0.4 is 10.9 Å². The molecule has 0 radical (unpaired) electrons. The van der Waals surface area contributed by atoms with Crippen LogP contribution in [0.15, 0.2) is 39.8 Å². The number of furan rings is 1. The molecule has 29 heavy (non-hydrogen) atoms. The normalized spacial score (nSPS) is 10.9. The van der Waals surface area contributed by atoms with E-state index < -0.39 is 17.4 Å². The molecule has 0 aliphatic rings. The van der Waals surface area contributed by atoms with Gasteiger partial charge in [0.2, 0.25) is 11.6 Å². The van der Waals surface area contributed by atoms with Gasteiger partial charge in [0.1, 0.15) is 35.4 Å². The standard InChI is InChI=1S/C20H20FN3O5/c1-3-28-20(27)16-12(2)29-18-17(16)19(26)24(11-23-18)10-15(25)22-9-8-13-6-4-5-7-14(13)21/h4-7,11H,3,8-10H2,1-2H3,(H,22,25). The van der Waals surface area contributed by atoms with Gasteiger partial charge in [-0.2, -0.15) is 0 Å². The first-order valence-electron chi connectivity index (χ1n) is 9.08. The Morgan fingerprint density at radius 2 is 2.07 bits per heavy atom. The van der Waals surface area contributed by atoms with Gasteiger partial charge < -0.3 is 14.5 Å². The van der Waals surface area contributed by atoms with Crippen molar-refractivity contribution >= 4 is 23.0 Å². The summed E-state index contributed by atoms with van der Waals surface area (Å²) in [6.07, 6.45) is 1.50. The molecule has 3 rings (SSSR count). The lowest BCUT2D eigenvalue weighted by Crippen LogP contribution is -2.33. The Hall–Kier alpha value is -3.49. The van der Waals surface area contributed by atoms with Crippen molar-refractivity contribution in [2.45, 2.75) is 26.8 Å². The van der Waals surface area contributed by atoms with Crippen molar-refractivity contribution in [2.75, 3.05) is 13.2 Å². The summed E-state index contributed by atoms with van der Waals surface area (Å²) < 4.78 is 25.0. The number of fused-ring (bicyclic) bond motifs is 1. The molecule has 1 aromatic carbocycles. The number of esters is 1. The van der Waals surface area contributed by atoms with E-state index >= 15 is 0 Å². The molecule has 0 aliphatic heterocycles. The fourth-order valence-corrected chi connectivity index (χ4v) is 2.95. The number of halogens is 1. The highest BCUT2D eigenvalue weighted by molar-refractivity contribution is 6.03. The number of amides is 1. The summed E-state index contributed by atoms with van der Waals surface area (Å²) in [5, 5.41) is 2.61. The lowest BCUT2D eigenvalue weighted by atomic mass is 10.1. The summed E-state index contributed by atoms with van der Waals surface area (Å²) in [5.74, 6) is -1.25. The predicted molar refractivity (Wildman–Crippen MR) is 102 cm³/mol. The quantitative estimate of drug-likeness (QED) is 0.607. The van der Waals surface area contributed by atoms with E-state index in [1.165, 1.54) is 19.3 Å². The van der Waals surface area contributed by atoms with E-state index in [9.17, 15) is 18.8 Å². The van der Waals surface area contributed by atoms with Gasteiger partial charge in [-0.05, 0) is 31.9 Å². The minimum atomic E-state index is -0.685. The summed E-state index contributed by atoms with van der Waals surface area (Å²) in [5.41, 5.74) is -0.0828. The van der Waals surface area contributed by atoms with Crippen LogP contribution in [0.2, 0.25) is 0 Å². The van der Waals surface area contributed by atoms with E-state index in [-0.39, 0.29) is 47.9 Å². The van der Waals surface area contributed by atoms with Gasteiger partial charge in [-0.1, -0.05) is 18.2 Å². The van der Waals surface area contributed by atoms with Crippen molar-refractivity contribution in [2.24, 2.45) is 0 Å². The second kappa shape index (κ2) is 8.68. The fourth-order valence-electron chi connectivity index (χ4n) is 2.95. The molecule has 0 spiro atoms. The van der Waals surface area contributed by atoms with Crippen molar-refractivity contribution in [3.63, 3.8) is 0 Å². The van der Waals surface area contributed by atoms with Gasteiger partial charge >= 0.3 is 5.97 Å². The van der Waals surface area contributed by atoms with Gasteiger partial charge in [0.05, 0.1) is 6.61 Å². The number of benzene rings is 1. The van der Waals surface area contributed by atoms with Gasteiger partial charge in [0.15, 0.2) is 0 Å². The van der Waals surface area contributed by atoms with E-state index in [2.05, 4.69) is 10.3 Å². The molecule has 0 bridgehead atoms. The number of ether oxygens (including phenoxy) is 1. The predicted octanol–water partition coefficient (Wildman–Crippen LogP) is 1.97. The van der Waals surface area contributed by atoms with Crippen LogP contribution in [0, 0.1) is 12.7 Å². The van der Waals surface area contributed by atoms with E-state index in [1.807, 2.05) is 0 Å². The van der Waals surface area contributed by atoms with E-state index in [0.717, 1.165) is 4.57 Å². The highest BCUT2D eigenvalue weighted by Gasteiger charge is 2.24. The number of rotatable bonds is 7. The summed E-state index contributed by atoms with van der Waals surface area (Å²) in [6, 6.07) is 6.30. The topological polar surface area (TPSA) is 103 Å². The number of hydrogen-bond donors (Lipinski definition) is 1. The molecular weight excluding hydrogens is 381 g/mol.